The molecule has 0 radical (unpaired) electrons. The largest absolute Gasteiger partial charge is 0.352 e. The maximum absolute atomic E-state index is 4.58. The first kappa shape index (κ1) is 15.0. The zero-order chi connectivity index (χ0) is 14.5. The van der Waals surface area contributed by atoms with E-state index in [0.29, 0.717) is 12.1 Å². The summed E-state index contributed by atoms with van der Waals surface area (Å²) in [5.41, 5.74) is 1.24. The molecule has 0 fully saturated rings. The molecule has 2 aromatic heterocycles. The van der Waals surface area contributed by atoms with Crippen LogP contribution >= 0.6 is 11.3 Å². The summed E-state index contributed by atoms with van der Waals surface area (Å²) >= 11 is 1.79. The average molecular weight is 289 g/mol. The number of rotatable bonds is 6. The summed E-state index contributed by atoms with van der Waals surface area (Å²) in [6, 6.07) is 9.25. The average Bonchev–Trinajstić information content (AvgIpc) is 2.98. The lowest BCUT2D eigenvalue weighted by Gasteiger charge is -2.27. The number of aromatic nitrogens is 1. The highest BCUT2D eigenvalue weighted by Gasteiger charge is 2.17. The molecule has 0 saturated carbocycles. The van der Waals surface area contributed by atoms with Gasteiger partial charge in [0.25, 0.3) is 0 Å². The molecule has 108 valence electrons. The Hall–Kier alpha value is -1.39. The number of nitrogens with zero attached hydrogens (tertiary/aromatic N) is 2. The zero-order valence-electron chi connectivity index (χ0n) is 12.6. The number of thiophene rings is 1. The van der Waals surface area contributed by atoms with Crippen molar-refractivity contribution in [3.63, 3.8) is 0 Å². The Kier molecular flexibility index (Phi) is 5.15. The molecule has 0 amide bonds. The van der Waals surface area contributed by atoms with Crippen LogP contribution in [-0.2, 0) is 6.54 Å². The van der Waals surface area contributed by atoms with Crippen molar-refractivity contribution >= 4 is 17.2 Å². The van der Waals surface area contributed by atoms with Gasteiger partial charge in [0, 0.05) is 36.3 Å². The second kappa shape index (κ2) is 6.86. The molecule has 0 saturated heterocycles. The third-order valence-corrected chi connectivity index (χ3v) is 4.48. The van der Waals surface area contributed by atoms with E-state index in [1.54, 1.807) is 11.3 Å². The van der Waals surface area contributed by atoms with E-state index in [4.69, 9.17) is 0 Å². The molecule has 2 rings (SSSR count). The minimum absolute atomic E-state index is 0.336. The van der Waals surface area contributed by atoms with E-state index in [1.165, 1.54) is 10.4 Å². The molecule has 0 aliphatic rings. The molecule has 0 bridgehead atoms. The lowest BCUT2D eigenvalue weighted by Crippen LogP contribution is -2.26. The number of anilines is 1. The maximum atomic E-state index is 4.58. The monoisotopic (exact) mass is 289 g/mol. The van der Waals surface area contributed by atoms with E-state index in [1.807, 2.05) is 12.3 Å². The highest BCUT2D eigenvalue weighted by Crippen LogP contribution is 2.28. The van der Waals surface area contributed by atoms with Crippen LogP contribution in [0.25, 0.3) is 0 Å². The standard InChI is InChI=1S/C16H23N3S/c1-12(2)18-11-14-7-5-9-17-16(14)19(4)13(3)15-8-6-10-20-15/h5-10,12-13,18H,11H2,1-4H3. The van der Waals surface area contributed by atoms with Crippen molar-refractivity contribution in [2.45, 2.75) is 39.4 Å². The van der Waals surface area contributed by atoms with Crippen molar-refractivity contribution in [2.75, 3.05) is 11.9 Å². The van der Waals surface area contributed by atoms with E-state index in [-0.39, 0.29) is 0 Å². The van der Waals surface area contributed by atoms with Crippen LogP contribution in [-0.4, -0.2) is 18.1 Å². The lowest BCUT2D eigenvalue weighted by atomic mass is 10.2. The van der Waals surface area contributed by atoms with Crippen LogP contribution in [0.3, 0.4) is 0 Å². The van der Waals surface area contributed by atoms with Crippen LogP contribution in [0, 0.1) is 0 Å². The van der Waals surface area contributed by atoms with E-state index < -0.39 is 0 Å². The molecule has 1 atom stereocenters. The van der Waals surface area contributed by atoms with Gasteiger partial charge in [-0.25, -0.2) is 4.98 Å². The summed E-state index contributed by atoms with van der Waals surface area (Å²) in [7, 11) is 2.12. The molecular formula is C16H23N3S. The van der Waals surface area contributed by atoms with E-state index in [9.17, 15) is 0 Å². The predicted octanol–water partition coefficient (Wildman–Crippen LogP) is 3.84. The van der Waals surface area contributed by atoms with Crippen LogP contribution in [0.2, 0.25) is 0 Å². The van der Waals surface area contributed by atoms with Gasteiger partial charge < -0.3 is 10.2 Å². The number of hydrogen-bond acceptors (Lipinski definition) is 4. The smallest absolute Gasteiger partial charge is 0.133 e. The molecule has 0 aliphatic heterocycles. The van der Waals surface area contributed by atoms with Gasteiger partial charge in [0.05, 0.1) is 6.04 Å². The van der Waals surface area contributed by atoms with Crippen LogP contribution in [0.1, 0.15) is 37.3 Å². The Morgan fingerprint density at radius 3 is 2.70 bits per heavy atom. The molecule has 0 aliphatic carbocycles. The fourth-order valence-corrected chi connectivity index (χ4v) is 2.93. The Labute approximate surface area is 125 Å². The van der Waals surface area contributed by atoms with Crippen molar-refractivity contribution in [3.05, 3.63) is 46.3 Å². The van der Waals surface area contributed by atoms with Crippen LogP contribution in [0.4, 0.5) is 5.82 Å². The lowest BCUT2D eigenvalue weighted by molar-refractivity contribution is 0.585. The third-order valence-electron chi connectivity index (χ3n) is 3.44. The van der Waals surface area contributed by atoms with Crippen molar-refractivity contribution < 1.29 is 0 Å². The van der Waals surface area contributed by atoms with Crippen molar-refractivity contribution in [2.24, 2.45) is 0 Å². The number of nitrogens with one attached hydrogen (secondary N) is 1. The van der Waals surface area contributed by atoms with E-state index in [2.05, 4.69) is 66.6 Å². The van der Waals surface area contributed by atoms with Crippen LogP contribution in [0.5, 0.6) is 0 Å². The molecule has 20 heavy (non-hydrogen) atoms. The summed E-state index contributed by atoms with van der Waals surface area (Å²) in [5, 5.41) is 5.59. The Morgan fingerprint density at radius 1 is 1.25 bits per heavy atom. The van der Waals surface area contributed by atoms with Gasteiger partial charge in [-0.3, -0.25) is 0 Å². The number of pyridine rings is 1. The molecule has 3 nitrogen and oxygen atoms in total. The highest BCUT2D eigenvalue weighted by molar-refractivity contribution is 7.10. The summed E-state index contributed by atoms with van der Waals surface area (Å²) in [6.45, 7) is 7.39. The van der Waals surface area contributed by atoms with Crippen LogP contribution < -0.4 is 10.2 Å². The first-order valence-electron chi connectivity index (χ1n) is 7.03. The minimum atomic E-state index is 0.336. The van der Waals surface area contributed by atoms with E-state index in [0.717, 1.165) is 12.4 Å². The molecule has 2 aromatic rings. The second-order valence-corrected chi connectivity index (χ2v) is 6.30. The molecule has 0 spiro atoms. The fourth-order valence-electron chi connectivity index (χ4n) is 2.10. The quantitative estimate of drug-likeness (QED) is 0.876. The Bertz CT molecular complexity index is 522. The van der Waals surface area contributed by atoms with Gasteiger partial charge in [0.2, 0.25) is 0 Å². The second-order valence-electron chi connectivity index (χ2n) is 5.32. The van der Waals surface area contributed by atoms with Crippen LogP contribution in [0.15, 0.2) is 35.8 Å². The minimum Gasteiger partial charge on any atom is -0.352 e. The first-order chi connectivity index (χ1) is 9.59. The molecular weight excluding hydrogens is 266 g/mol. The summed E-state index contributed by atoms with van der Waals surface area (Å²) in [5.74, 6) is 1.06. The van der Waals surface area contributed by atoms with E-state index >= 15 is 0 Å². The zero-order valence-corrected chi connectivity index (χ0v) is 13.4. The van der Waals surface area contributed by atoms with Crippen molar-refractivity contribution in [1.82, 2.24) is 10.3 Å². The van der Waals surface area contributed by atoms with Gasteiger partial charge in [0.15, 0.2) is 0 Å². The fraction of sp³-hybridized carbons (Fsp3) is 0.438. The third kappa shape index (κ3) is 3.58. The molecule has 1 unspecified atom stereocenters. The SMILES string of the molecule is CC(C)NCc1cccnc1N(C)C(C)c1cccs1. The van der Waals surface area contributed by atoms with Gasteiger partial charge in [-0.2, -0.15) is 0 Å². The Balaban J connectivity index is 2.18. The van der Waals surface area contributed by atoms with Gasteiger partial charge >= 0.3 is 0 Å². The topological polar surface area (TPSA) is 28.2 Å². The number of hydrogen-bond donors (Lipinski definition) is 1. The molecule has 1 N–H and O–H groups in total. The van der Waals surface area contributed by atoms with Crippen molar-refractivity contribution in [1.29, 1.82) is 0 Å². The summed E-state index contributed by atoms with van der Waals surface area (Å²) in [6.07, 6.45) is 1.87. The van der Waals surface area contributed by atoms with Gasteiger partial charge in [-0.15, -0.1) is 11.3 Å². The first-order valence-corrected chi connectivity index (χ1v) is 7.91. The maximum Gasteiger partial charge on any atom is 0.133 e. The predicted molar refractivity (Wildman–Crippen MR) is 87.3 cm³/mol. The van der Waals surface area contributed by atoms with Gasteiger partial charge in [-0.1, -0.05) is 26.0 Å². The van der Waals surface area contributed by atoms with Crippen molar-refractivity contribution in [3.8, 4) is 0 Å². The Morgan fingerprint density at radius 2 is 2.05 bits per heavy atom. The molecule has 2 heterocycles. The molecule has 0 aromatic carbocycles. The normalized spacial score (nSPS) is 12.7. The summed E-state index contributed by atoms with van der Waals surface area (Å²) in [4.78, 5) is 8.19. The van der Waals surface area contributed by atoms with Gasteiger partial charge in [-0.05, 0) is 24.4 Å². The molecule has 4 heteroatoms. The highest BCUT2D eigenvalue weighted by atomic mass is 32.1. The van der Waals surface area contributed by atoms with Gasteiger partial charge in [0.1, 0.15) is 5.82 Å². The summed E-state index contributed by atoms with van der Waals surface area (Å²) < 4.78 is 0.